The van der Waals surface area contributed by atoms with Crippen LogP contribution in [0.3, 0.4) is 0 Å². The molecule has 7 heteroatoms. The first kappa shape index (κ1) is 21.4. The molecule has 0 aliphatic heterocycles. The average Bonchev–Trinajstić information content (AvgIpc) is 2.98. The number of carbonyl (C=O) groups excluding carboxylic acids is 2. The summed E-state index contributed by atoms with van der Waals surface area (Å²) < 4.78 is 8.35. The summed E-state index contributed by atoms with van der Waals surface area (Å²) in [6, 6.07) is 16.1. The van der Waals surface area contributed by atoms with Crippen molar-refractivity contribution >= 4 is 22.9 Å². The van der Waals surface area contributed by atoms with Gasteiger partial charge in [-0.05, 0) is 38.5 Å². The summed E-state index contributed by atoms with van der Waals surface area (Å²) in [6.45, 7) is 5.84. The normalized spacial score (nSPS) is 12.1. The van der Waals surface area contributed by atoms with Crippen LogP contribution < -0.4 is 11.0 Å². The summed E-state index contributed by atoms with van der Waals surface area (Å²) >= 11 is 0. The van der Waals surface area contributed by atoms with Gasteiger partial charge >= 0.3 is 11.7 Å². The average molecular weight is 409 g/mol. The number of nitrogens with zero attached hydrogens (tertiary/aromatic N) is 2. The van der Waals surface area contributed by atoms with Crippen LogP contribution in [0.4, 0.5) is 0 Å². The summed E-state index contributed by atoms with van der Waals surface area (Å²) in [5.74, 6) is -0.735. The molecule has 2 aromatic carbocycles. The summed E-state index contributed by atoms with van der Waals surface area (Å²) in [6.07, 6.45) is -0.220. The minimum absolute atomic E-state index is 0.0134. The molecule has 0 aliphatic rings. The lowest BCUT2D eigenvalue weighted by Gasteiger charge is -2.19. The molecule has 1 N–H and O–H groups in total. The van der Waals surface area contributed by atoms with E-state index in [1.807, 2.05) is 61.5 Å². The minimum atomic E-state index is -0.542. The Morgan fingerprint density at radius 2 is 1.57 bits per heavy atom. The lowest BCUT2D eigenvalue weighted by molar-refractivity contribution is -0.148. The van der Waals surface area contributed by atoms with Crippen LogP contribution in [0.15, 0.2) is 59.4 Å². The van der Waals surface area contributed by atoms with Crippen molar-refractivity contribution in [1.29, 1.82) is 0 Å². The molecule has 0 bridgehead atoms. The van der Waals surface area contributed by atoms with E-state index in [2.05, 4.69) is 5.32 Å². The van der Waals surface area contributed by atoms with E-state index in [4.69, 9.17) is 4.74 Å². The number of imidazole rings is 1. The summed E-state index contributed by atoms with van der Waals surface area (Å²) in [4.78, 5) is 37.9. The molecule has 0 fully saturated rings. The Balaban J connectivity index is 1.83. The first-order chi connectivity index (χ1) is 14.4. The van der Waals surface area contributed by atoms with Crippen LogP contribution in [-0.4, -0.2) is 27.1 Å². The van der Waals surface area contributed by atoms with Gasteiger partial charge in [0, 0.05) is 6.54 Å². The van der Waals surface area contributed by atoms with Crippen molar-refractivity contribution in [3.05, 3.63) is 70.6 Å². The van der Waals surface area contributed by atoms with E-state index in [1.165, 1.54) is 4.57 Å². The monoisotopic (exact) mass is 409 g/mol. The van der Waals surface area contributed by atoms with E-state index in [9.17, 15) is 14.4 Å². The Kier molecular flexibility index (Phi) is 6.72. The zero-order valence-corrected chi connectivity index (χ0v) is 17.5. The number of fused-ring (bicyclic) bond motifs is 1. The maximum Gasteiger partial charge on any atom is 0.329 e. The predicted octanol–water partition coefficient (Wildman–Crippen LogP) is 3.02. The molecule has 7 nitrogen and oxygen atoms in total. The quantitative estimate of drug-likeness (QED) is 0.580. The van der Waals surface area contributed by atoms with Crippen LogP contribution >= 0.6 is 0 Å². The first-order valence-corrected chi connectivity index (χ1v) is 10.1. The largest absolute Gasteiger partial charge is 0.463 e. The third kappa shape index (κ3) is 4.79. The van der Waals surface area contributed by atoms with Crippen molar-refractivity contribution in [3.8, 4) is 0 Å². The number of rotatable bonds is 8. The smallest absolute Gasteiger partial charge is 0.329 e. The minimum Gasteiger partial charge on any atom is -0.463 e. The molecule has 0 saturated carbocycles. The molecular weight excluding hydrogens is 382 g/mol. The molecule has 0 aliphatic carbocycles. The Morgan fingerprint density at radius 3 is 2.17 bits per heavy atom. The Morgan fingerprint density at radius 1 is 0.967 bits per heavy atom. The molecule has 30 heavy (non-hydrogen) atoms. The lowest BCUT2D eigenvalue weighted by Crippen LogP contribution is -2.36. The number of hydrogen-bond donors (Lipinski definition) is 1. The number of para-hydroxylation sites is 2. The standard InChI is InChI=1S/C23H27N3O4/c1-4-25-19-12-8-9-13-20(19)26(23(25)29)15-21(27)24-18(14-22(28)30-16(2)3)17-10-6-5-7-11-17/h5-13,16,18H,4,14-15H2,1-3H3,(H,24,27). The topological polar surface area (TPSA) is 82.3 Å². The highest BCUT2D eigenvalue weighted by Gasteiger charge is 2.21. The molecule has 3 aromatic rings. The molecular formula is C23H27N3O4. The molecule has 1 aromatic heterocycles. The number of nitrogens with one attached hydrogen (secondary N) is 1. The molecule has 0 spiro atoms. The predicted molar refractivity (Wildman–Crippen MR) is 115 cm³/mol. The van der Waals surface area contributed by atoms with Crippen LogP contribution in [0, 0.1) is 0 Å². The van der Waals surface area contributed by atoms with Crippen LogP contribution in [0.25, 0.3) is 11.0 Å². The molecule has 0 radical (unpaired) electrons. The van der Waals surface area contributed by atoms with Crippen LogP contribution in [0.1, 0.15) is 38.8 Å². The fourth-order valence-corrected chi connectivity index (χ4v) is 3.53. The van der Waals surface area contributed by atoms with Gasteiger partial charge in [0.1, 0.15) is 6.54 Å². The fraction of sp³-hybridized carbons (Fsp3) is 0.348. The molecule has 158 valence electrons. The van der Waals surface area contributed by atoms with Gasteiger partial charge in [-0.2, -0.15) is 0 Å². The third-order valence-corrected chi connectivity index (χ3v) is 4.82. The van der Waals surface area contributed by atoms with Crippen LogP contribution in [0.2, 0.25) is 0 Å². The first-order valence-electron chi connectivity index (χ1n) is 10.1. The van der Waals surface area contributed by atoms with Gasteiger partial charge in [-0.15, -0.1) is 0 Å². The van der Waals surface area contributed by atoms with Crippen molar-refractivity contribution in [1.82, 2.24) is 14.5 Å². The van der Waals surface area contributed by atoms with E-state index < -0.39 is 6.04 Å². The SMILES string of the molecule is CCn1c(=O)n(CC(=O)NC(CC(=O)OC(C)C)c2ccccc2)c2ccccc21. The van der Waals surface area contributed by atoms with Crippen molar-refractivity contribution in [2.24, 2.45) is 0 Å². The number of aryl methyl sites for hydroxylation is 1. The highest BCUT2D eigenvalue weighted by molar-refractivity contribution is 5.81. The maximum absolute atomic E-state index is 12.9. The third-order valence-electron chi connectivity index (χ3n) is 4.82. The van der Waals surface area contributed by atoms with Crippen LogP contribution in [0.5, 0.6) is 0 Å². The van der Waals surface area contributed by atoms with E-state index in [0.717, 1.165) is 11.1 Å². The number of carbonyl (C=O) groups is 2. The van der Waals surface area contributed by atoms with E-state index in [1.54, 1.807) is 18.4 Å². The number of benzene rings is 2. The number of amides is 1. The second-order valence-electron chi connectivity index (χ2n) is 7.38. The summed E-state index contributed by atoms with van der Waals surface area (Å²) in [5, 5.41) is 2.90. The molecule has 1 unspecified atom stereocenters. The van der Waals surface area contributed by atoms with Gasteiger partial charge in [0.2, 0.25) is 5.91 Å². The fourth-order valence-electron chi connectivity index (χ4n) is 3.53. The van der Waals surface area contributed by atoms with Gasteiger partial charge in [-0.1, -0.05) is 42.5 Å². The Labute approximate surface area is 175 Å². The van der Waals surface area contributed by atoms with Gasteiger partial charge in [-0.3, -0.25) is 18.7 Å². The van der Waals surface area contributed by atoms with Crippen molar-refractivity contribution in [3.63, 3.8) is 0 Å². The highest BCUT2D eigenvalue weighted by atomic mass is 16.5. The van der Waals surface area contributed by atoms with E-state index in [0.29, 0.717) is 12.1 Å². The van der Waals surface area contributed by atoms with Crippen LogP contribution in [-0.2, 0) is 27.4 Å². The van der Waals surface area contributed by atoms with Gasteiger partial charge in [0.25, 0.3) is 0 Å². The summed E-state index contributed by atoms with van der Waals surface area (Å²) in [7, 11) is 0. The van der Waals surface area contributed by atoms with E-state index >= 15 is 0 Å². The zero-order valence-electron chi connectivity index (χ0n) is 17.5. The molecule has 0 saturated heterocycles. The Bertz CT molecular complexity index is 1080. The maximum atomic E-state index is 12.9. The second-order valence-corrected chi connectivity index (χ2v) is 7.38. The van der Waals surface area contributed by atoms with Gasteiger partial charge in [0.05, 0.1) is 29.6 Å². The van der Waals surface area contributed by atoms with E-state index in [-0.39, 0.29) is 36.6 Å². The molecule has 1 amide bonds. The van der Waals surface area contributed by atoms with Gasteiger partial charge in [-0.25, -0.2) is 4.79 Å². The number of esters is 1. The zero-order chi connectivity index (χ0) is 21.7. The number of hydrogen-bond acceptors (Lipinski definition) is 4. The Hall–Kier alpha value is -3.35. The van der Waals surface area contributed by atoms with Gasteiger partial charge in [0.15, 0.2) is 0 Å². The van der Waals surface area contributed by atoms with Gasteiger partial charge < -0.3 is 10.1 Å². The highest BCUT2D eigenvalue weighted by Crippen LogP contribution is 2.18. The lowest BCUT2D eigenvalue weighted by atomic mass is 10.0. The van der Waals surface area contributed by atoms with Crippen molar-refractivity contribution < 1.29 is 14.3 Å². The summed E-state index contributed by atoms with van der Waals surface area (Å²) in [5.41, 5.74) is 2.06. The number of ether oxygens (including phenoxy) is 1. The van der Waals surface area contributed by atoms with Crippen molar-refractivity contribution in [2.75, 3.05) is 0 Å². The van der Waals surface area contributed by atoms with Crippen molar-refractivity contribution in [2.45, 2.75) is 52.4 Å². The second kappa shape index (κ2) is 9.43. The molecule has 1 atom stereocenters. The number of aromatic nitrogens is 2. The molecule has 3 rings (SSSR count). The molecule has 1 heterocycles.